The molecule has 4 rings (SSSR count). The summed E-state index contributed by atoms with van der Waals surface area (Å²) < 4.78 is 1.93. The van der Waals surface area contributed by atoms with Crippen LogP contribution in [0.5, 0.6) is 0 Å². The van der Waals surface area contributed by atoms with E-state index >= 15 is 0 Å². The highest BCUT2D eigenvalue weighted by Gasteiger charge is 2.14. The number of aromatic amines is 1. The lowest BCUT2D eigenvalue weighted by Gasteiger charge is -2.10. The molecule has 0 unspecified atom stereocenters. The maximum atomic E-state index is 11.3. The second kappa shape index (κ2) is 8.69. The lowest BCUT2D eigenvalue weighted by atomic mass is 9.98. The van der Waals surface area contributed by atoms with Crippen LogP contribution in [0.2, 0.25) is 0 Å². The van der Waals surface area contributed by atoms with Gasteiger partial charge in [0.15, 0.2) is 5.69 Å². The molecule has 0 aliphatic rings. The zero-order valence-corrected chi connectivity index (χ0v) is 16.6. The number of carboxylic acids is 1. The lowest BCUT2D eigenvalue weighted by Crippen LogP contribution is -2.04. The number of nitrogens with one attached hydrogen (secondary N) is 1. The summed E-state index contributed by atoms with van der Waals surface area (Å²) in [4.78, 5) is 15.6. The highest BCUT2D eigenvalue weighted by molar-refractivity contribution is 5.85. The topological polar surface area (TPSA) is 110 Å². The van der Waals surface area contributed by atoms with Crippen LogP contribution in [0, 0.1) is 0 Å². The molecule has 2 heterocycles. The van der Waals surface area contributed by atoms with Crippen LogP contribution < -0.4 is 0 Å². The van der Waals surface area contributed by atoms with Crippen LogP contribution in [0.3, 0.4) is 0 Å². The number of hydrogen-bond donors (Lipinski definition) is 2. The molecular weight excluding hydrogens is 380 g/mol. The number of rotatable bonds is 8. The third-order valence-electron chi connectivity index (χ3n) is 4.96. The fraction of sp³-hybridized carbons (Fsp3) is 0.227. The summed E-state index contributed by atoms with van der Waals surface area (Å²) in [5.41, 5.74) is 4.13. The number of carbonyl (C=O) groups is 1. The Morgan fingerprint density at radius 2 is 1.87 bits per heavy atom. The summed E-state index contributed by atoms with van der Waals surface area (Å²) in [5, 5.41) is 23.6. The fourth-order valence-electron chi connectivity index (χ4n) is 3.42. The first-order valence-electron chi connectivity index (χ1n) is 9.87. The van der Waals surface area contributed by atoms with Crippen molar-refractivity contribution < 1.29 is 9.90 Å². The summed E-state index contributed by atoms with van der Waals surface area (Å²) in [6.45, 7) is 2.68. The molecule has 0 radical (unpaired) electrons. The van der Waals surface area contributed by atoms with E-state index in [9.17, 15) is 9.90 Å². The number of H-pyrrole nitrogens is 1. The number of carboxylic acid groups (broad SMARTS) is 1. The van der Waals surface area contributed by atoms with E-state index in [4.69, 9.17) is 0 Å². The molecule has 8 nitrogen and oxygen atoms in total. The minimum absolute atomic E-state index is 0.0896. The molecule has 0 saturated heterocycles. The first-order valence-corrected chi connectivity index (χ1v) is 9.87. The van der Waals surface area contributed by atoms with Gasteiger partial charge in [-0.05, 0) is 28.3 Å². The van der Waals surface area contributed by atoms with E-state index < -0.39 is 5.97 Å². The number of benzene rings is 2. The summed E-state index contributed by atoms with van der Waals surface area (Å²) in [6, 6.07) is 16.1. The lowest BCUT2D eigenvalue weighted by molar-refractivity contribution is 0.0691. The molecule has 2 aromatic carbocycles. The second-order valence-electron chi connectivity index (χ2n) is 7.06. The number of aryl methyl sites for hydroxylation is 1. The third-order valence-corrected chi connectivity index (χ3v) is 4.96. The number of aromatic carboxylic acids is 1. The molecule has 0 amide bonds. The molecule has 0 fully saturated rings. The van der Waals surface area contributed by atoms with Gasteiger partial charge >= 0.3 is 5.97 Å². The molecule has 0 saturated carbocycles. The van der Waals surface area contributed by atoms with Crippen molar-refractivity contribution >= 4 is 5.97 Å². The predicted molar refractivity (Wildman–Crippen MR) is 112 cm³/mol. The maximum absolute atomic E-state index is 11.3. The van der Waals surface area contributed by atoms with E-state index in [-0.39, 0.29) is 5.69 Å². The first kappa shape index (κ1) is 19.5. The number of nitrogens with zero attached hydrogens (tertiary/aromatic N) is 5. The van der Waals surface area contributed by atoms with Gasteiger partial charge in [-0.2, -0.15) is 5.21 Å². The number of hydrogen-bond acceptors (Lipinski definition) is 5. The van der Waals surface area contributed by atoms with Crippen LogP contribution in [0.25, 0.3) is 22.5 Å². The zero-order chi connectivity index (χ0) is 20.9. The van der Waals surface area contributed by atoms with Gasteiger partial charge in [0.1, 0.15) is 5.82 Å². The minimum Gasteiger partial charge on any atom is -0.476 e. The molecule has 152 valence electrons. The molecule has 2 aromatic heterocycles. The minimum atomic E-state index is -1.00. The Morgan fingerprint density at radius 1 is 1.10 bits per heavy atom. The number of unbranched alkanes of at least 4 members (excludes halogenated alkanes) is 1. The van der Waals surface area contributed by atoms with Crippen molar-refractivity contribution in [3.05, 3.63) is 71.8 Å². The van der Waals surface area contributed by atoms with Gasteiger partial charge < -0.3 is 9.67 Å². The van der Waals surface area contributed by atoms with Gasteiger partial charge in [-0.3, -0.25) is 0 Å². The van der Waals surface area contributed by atoms with Crippen LogP contribution in [0.1, 0.15) is 41.6 Å². The average Bonchev–Trinajstić information content (AvgIpc) is 3.43. The molecule has 8 heteroatoms. The number of imidazole rings is 1. The van der Waals surface area contributed by atoms with Crippen LogP contribution in [-0.4, -0.2) is 41.3 Å². The Balaban J connectivity index is 1.59. The van der Waals surface area contributed by atoms with Crippen LogP contribution >= 0.6 is 0 Å². The first-order chi connectivity index (χ1) is 14.7. The Hall–Kier alpha value is -3.81. The van der Waals surface area contributed by atoms with Crippen molar-refractivity contribution in [1.82, 2.24) is 30.2 Å². The molecule has 0 aliphatic heterocycles. The monoisotopic (exact) mass is 402 g/mol. The number of aromatic nitrogens is 6. The molecule has 0 aliphatic carbocycles. The van der Waals surface area contributed by atoms with Gasteiger partial charge in [0.2, 0.25) is 5.82 Å². The van der Waals surface area contributed by atoms with Crippen molar-refractivity contribution in [2.45, 2.75) is 32.7 Å². The summed E-state index contributed by atoms with van der Waals surface area (Å²) in [7, 11) is 0. The average molecular weight is 402 g/mol. The predicted octanol–water partition coefficient (Wildman–Crippen LogP) is 3.82. The molecule has 0 atom stereocenters. The maximum Gasteiger partial charge on any atom is 0.356 e. The van der Waals surface area contributed by atoms with Gasteiger partial charge in [-0.1, -0.05) is 61.9 Å². The van der Waals surface area contributed by atoms with Gasteiger partial charge in [-0.15, -0.1) is 10.2 Å². The van der Waals surface area contributed by atoms with Gasteiger partial charge in [0.25, 0.3) is 0 Å². The fourth-order valence-corrected chi connectivity index (χ4v) is 3.42. The molecular formula is C22H22N6O2. The zero-order valence-electron chi connectivity index (χ0n) is 16.6. The van der Waals surface area contributed by atoms with E-state index in [1.54, 1.807) is 6.20 Å². The Morgan fingerprint density at radius 3 is 2.53 bits per heavy atom. The summed E-state index contributed by atoms with van der Waals surface area (Å²) in [6.07, 6.45) is 4.39. The van der Waals surface area contributed by atoms with Crippen LogP contribution in [-0.2, 0) is 13.0 Å². The second-order valence-corrected chi connectivity index (χ2v) is 7.06. The van der Waals surface area contributed by atoms with Gasteiger partial charge in [0, 0.05) is 24.7 Å². The van der Waals surface area contributed by atoms with Crippen molar-refractivity contribution in [3.63, 3.8) is 0 Å². The molecule has 0 bridgehead atoms. The van der Waals surface area contributed by atoms with E-state index in [2.05, 4.69) is 44.7 Å². The van der Waals surface area contributed by atoms with E-state index in [1.165, 1.54) is 0 Å². The Bertz CT molecular complexity index is 1130. The third kappa shape index (κ3) is 4.12. The standard InChI is InChI=1S/C22H22N6O2/c1-2-3-8-20-23-19(22(29)30)14-28(20)13-15-9-11-16(12-10-15)17-6-4-5-7-18(17)21-24-26-27-25-21/h4-7,9-12,14H,2-3,8,13H2,1H3,(H,29,30)(H,24,25,26,27). The summed E-state index contributed by atoms with van der Waals surface area (Å²) >= 11 is 0. The van der Waals surface area contributed by atoms with Gasteiger partial charge in [0.05, 0.1) is 0 Å². The molecule has 4 aromatic rings. The van der Waals surface area contributed by atoms with E-state index in [0.29, 0.717) is 12.4 Å². The van der Waals surface area contributed by atoms with Crippen molar-refractivity contribution in [3.8, 4) is 22.5 Å². The van der Waals surface area contributed by atoms with Crippen molar-refractivity contribution in [2.75, 3.05) is 0 Å². The Kier molecular flexibility index (Phi) is 5.65. The normalized spacial score (nSPS) is 11.0. The number of tetrazole rings is 1. The quantitative estimate of drug-likeness (QED) is 0.464. The van der Waals surface area contributed by atoms with Gasteiger partial charge in [-0.25, -0.2) is 9.78 Å². The van der Waals surface area contributed by atoms with Crippen LogP contribution in [0.4, 0.5) is 0 Å². The molecule has 30 heavy (non-hydrogen) atoms. The molecule has 0 spiro atoms. The largest absolute Gasteiger partial charge is 0.476 e. The van der Waals surface area contributed by atoms with E-state index in [0.717, 1.165) is 47.3 Å². The SMILES string of the molecule is CCCCc1nc(C(=O)O)cn1Cc1ccc(-c2ccccc2-c2nn[nH]n2)cc1. The summed E-state index contributed by atoms with van der Waals surface area (Å²) in [5.74, 6) is 0.357. The highest BCUT2D eigenvalue weighted by atomic mass is 16.4. The van der Waals surface area contributed by atoms with E-state index in [1.807, 2.05) is 41.0 Å². The highest BCUT2D eigenvalue weighted by Crippen LogP contribution is 2.29. The smallest absolute Gasteiger partial charge is 0.356 e. The Labute approximate surface area is 173 Å². The van der Waals surface area contributed by atoms with Crippen molar-refractivity contribution in [2.24, 2.45) is 0 Å². The molecule has 2 N–H and O–H groups in total. The van der Waals surface area contributed by atoms with Crippen LogP contribution in [0.15, 0.2) is 54.7 Å². The van der Waals surface area contributed by atoms with Crippen molar-refractivity contribution in [1.29, 1.82) is 0 Å².